The minimum Gasteiger partial charge on any atom is -0.506 e. The highest BCUT2D eigenvalue weighted by Gasteiger charge is 2.22. The van der Waals surface area contributed by atoms with E-state index in [2.05, 4.69) is 43.9 Å². The Morgan fingerprint density at radius 2 is 0.882 bits per heavy atom. The number of nitro groups is 3. The number of urea groups is 1. The number of aromatic amines is 2. The number of carbonyl (C=O) groups excluding carboxylic acids is 1. The fraction of sp³-hybridized carbons (Fsp3) is 0.125. The lowest BCUT2D eigenvalue weighted by atomic mass is 10.1. The Morgan fingerprint density at radius 3 is 1.33 bits per heavy atom. The van der Waals surface area contributed by atoms with Crippen LogP contribution in [-0.2, 0) is 26.4 Å². The van der Waals surface area contributed by atoms with E-state index < -0.39 is 15.9 Å². The monoisotopic (exact) mass is 1250 g/mol. The van der Waals surface area contributed by atoms with E-state index in [0.29, 0.717) is 53.8 Å². The number of aryl methyl sites for hydroxylation is 1. The number of H-pyrrole nitrogens is 2. The van der Waals surface area contributed by atoms with Crippen molar-refractivity contribution in [2.75, 3.05) is 13.1 Å². The average Bonchev–Trinajstić information content (AvgIpc) is 1.95. The summed E-state index contributed by atoms with van der Waals surface area (Å²) in [5.74, 6) is 1.98. The second-order valence-corrected chi connectivity index (χ2v) is 20.6. The second kappa shape index (κ2) is 35.0. The summed E-state index contributed by atoms with van der Waals surface area (Å²) in [5.41, 5.74) is 16.7. The molecule has 21 heteroatoms. The average molecular weight is 1250 g/mol. The number of aromatic hydroxyl groups is 1. The summed E-state index contributed by atoms with van der Waals surface area (Å²) in [6.45, 7) is 5.16. The molecule has 0 bridgehead atoms. The first kappa shape index (κ1) is 66.6. The molecule has 0 radical (unpaired) electrons. The van der Waals surface area contributed by atoms with Gasteiger partial charge in [-0.2, -0.15) is 0 Å². The van der Waals surface area contributed by atoms with Gasteiger partial charge in [-0.3, -0.25) is 35.8 Å². The number of benzene rings is 9. The molecule has 1 aliphatic rings. The van der Waals surface area contributed by atoms with E-state index in [1.165, 1.54) is 42.1 Å². The number of nitrogens with one attached hydrogen (secondary N) is 4. The first-order valence-corrected chi connectivity index (χ1v) is 29.5. The lowest BCUT2D eigenvalue weighted by Gasteiger charge is -2.11. The SMILES string of the molecule is Cc1cccc(OCc2ccccc2)c1[N+](=O)[O-].NC(=O)NN/C=C/c1cccc(OCc2ccccc2)c1[N+](=O)[O-].O=[N+]([O-])c1c(/C=C/N2CCCC2)cccc1OCc1ccccc1.Oc1cccc2cc[nH]c12.c1ccc(COc2cccc3cc[nH]c23)cc1. The third-order valence-electron chi connectivity index (χ3n) is 14.0. The van der Waals surface area contributed by atoms with Crippen LogP contribution in [-0.4, -0.2) is 53.9 Å². The quantitative estimate of drug-likeness (QED) is 0.0306. The number of para-hydroxylation sites is 5. The van der Waals surface area contributed by atoms with E-state index in [9.17, 15) is 40.2 Å². The second-order valence-electron chi connectivity index (χ2n) is 20.6. The van der Waals surface area contributed by atoms with E-state index in [1.54, 1.807) is 67.6 Å². The van der Waals surface area contributed by atoms with Crippen LogP contribution in [0, 0.1) is 37.3 Å². The van der Waals surface area contributed by atoms with E-state index in [0.717, 1.165) is 51.9 Å². The highest BCUT2D eigenvalue weighted by Crippen LogP contribution is 2.35. The number of fused-ring (bicyclic) bond motifs is 2. The van der Waals surface area contributed by atoms with Crippen molar-refractivity contribution in [2.45, 2.75) is 46.2 Å². The van der Waals surface area contributed by atoms with Gasteiger partial charge in [0.15, 0.2) is 17.2 Å². The van der Waals surface area contributed by atoms with Crippen molar-refractivity contribution in [1.29, 1.82) is 0 Å². The predicted octanol–water partition coefficient (Wildman–Crippen LogP) is 15.7. The summed E-state index contributed by atoms with van der Waals surface area (Å²) < 4.78 is 22.6. The molecule has 1 fully saturated rings. The number of phenols is 1. The van der Waals surface area contributed by atoms with Crippen molar-refractivity contribution in [1.82, 2.24) is 25.7 Å². The number of likely N-dealkylation sites (tertiary alicyclic amines) is 1. The maximum Gasteiger partial charge on any atom is 0.330 e. The van der Waals surface area contributed by atoms with Gasteiger partial charge < -0.3 is 50.1 Å². The zero-order valence-electron chi connectivity index (χ0n) is 50.8. The molecule has 12 rings (SSSR count). The summed E-state index contributed by atoms with van der Waals surface area (Å²) in [6.07, 6.45) is 12.6. The molecule has 3 heterocycles. The Bertz CT molecular complexity index is 4240. The van der Waals surface area contributed by atoms with Gasteiger partial charge in [-0.1, -0.05) is 170 Å². The number of nitro benzene ring substituents is 3. The number of nitrogens with zero attached hydrogens (tertiary/aromatic N) is 4. The number of aromatic nitrogens is 2. The van der Waals surface area contributed by atoms with Gasteiger partial charge in [0.05, 0.1) is 36.9 Å². The Balaban J connectivity index is 0.000000153. The Kier molecular flexibility index (Phi) is 25.0. The largest absolute Gasteiger partial charge is 0.506 e. The molecule has 0 saturated carbocycles. The highest BCUT2D eigenvalue weighted by molar-refractivity contribution is 5.85. The van der Waals surface area contributed by atoms with E-state index >= 15 is 0 Å². The summed E-state index contributed by atoms with van der Waals surface area (Å²) in [7, 11) is 0. The van der Waals surface area contributed by atoms with E-state index in [4.69, 9.17) is 24.7 Å². The zero-order valence-corrected chi connectivity index (χ0v) is 50.8. The molecule has 1 aliphatic heterocycles. The van der Waals surface area contributed by atoms with Crippen molar-refractivity contribution >= 4 is 57.1 Å². The van der Waals surface area contributed by atoms with Crippen LogP contribution in [0.3, 0.4) is 0 Å². The Labute approximate surface area is 536 Å². The molecule has 21 nitrogen and oxygen atoms in total. The summed E-state index contributed by atoms with van der Waals surface area (Å²) in [6, 6.07) is 68.4. The number of ether oxygens (including phenoxy) is 4. The minimum absolute atomic E-state index is 0.0175. The lowest BCUT2D eigenvalue weighted by Crippen LogP contribution is -2.37. The topological polar surface area (TPSA) is 289 Å². The van der Waals surface area contributed by atoms with Crippen LogP contribution < -0.4 is 35.5 Å². The molecule has 93 heavy (non-hydrogen) atoms. The molecule has 0 aliphatic carbocycles. The smallest absolute Gasteiger partial charge is 0.330 e. The van der Waals surface area contributed by atoms with Crippen molar-refractivity contribution in [3.8, 4) is 28.7 Å². The molecule has 11 aromatic rings. The zero-order chi connectivity index (χ0) is 65.6. The van der Waals surface area contributed by atoms with Crippen LogP contribution in [0.1, 0.15) is 51.8 Å². The number of hydrazine groups is 1. The van der Waals surface area contributed by atoms with Crippen LogP contribution in [0.25, 0.3) is 34.0 Å². The highest BCUT2D eigenvalue weighted by atomic mass is 16.6. The maximum atomic E-state index is 11.5. The fourth-order valence-corrected chi connectivity index (χ4v) is 9.46. The summed E-state index contributed by atoms with van der Waals surface area (Å²) in [5, 5.41) is 45.3. The molecule has 7 N–H and O–H groups in total. The Hall–Kier alpha value is -12.4. The molecule has 9 aromatic carbocycles. The van der Waals surface area contributed by atoms with Crippen LogP contribution in [0.2, 0.25) is 0 Å². The van der Waals surface area contributed by atoms with Crippen molar-refractivity contribution in [3.63, 3.8) is 0 Å². The van der Waals surface area contributed by atoms with Crippen molar-refractivity contribution < 1.29 is 43.6 Å². The van der Waals surface area contributed by atoms with Crippen molar-refractivity contribution in [3.05, 3.63) is 319 Å². The van der Waals surface area contributed by atoms with Gasteiger partial charge in [-0.25, -0.2) is 4.79 Å². The number of rotatable bonds is 20. The van der Waals surface area contributed by atoms with Gasteiger partial charge in [-0.15, -0.1) is 0 Å². The predicted molar refractivity (Wildman–Crippen MR) is 360 cm³/mol. The summed E-state index contributed by atoms with van der Waals surface area (Å²) in [4.78, 5) is 51.5. The molecule has 2 amide bonds. The normalized spacial score (nSPS) is 11.3. The maximum absolute atomic E-state index is 11.5. The molecule has 1 saturated heterocycles. The van der Waals surface area contributed by atoms with Crippen LogP contribution in [0.4, 0.5) is 21.9 Å². The number of hydrogen-bond donors (Lipinski definition) is 6. The molecular weight excluding hydrogens is 1180 g/mol. The Morgan fingerprint density at radius 1 is 0.495 bits per heavy atom. The van der Waals surface area contributed by atoms with Gasteiger partial charge in [-0.05, 0) is 115 Å². The van der Waals surface area contributed by atoms with Crippen LogP contribution in [0.15, 0.2) is 249 Å². The van der Waals surface area contributed by atoms with E-state index in [-0.39, 0.29) is 34.3 Å². The standard InChI is InChI=1S/C19H20N2O3.C16H16N4O4.C15H13NO.C14H13NO3.C8H7NO/c22-21(23)19-17(11-14-20-12-4-5-13-20)9-6-10-18(19)24-15-16-7-2-1-3-8-16;17-16(21)19-18-10-9-13-7-4-8-14(15(13)20(22)23)24-11-12-5-2-1-3-6-12;1-2-5-12(6-3-1)11-17-14-8-4-7-13-9-10-16-15(13)14;1-11-6-5-9-13(14(11)15(16)17)18-10-12-7-3-2-4-8-12;10-7-3-1-2-6-4-5-9-8(6)7/h1-3,6-11,14H,4-5,12-13,15H2;1-10,18H,11H2,(H3,17,19,21);1-10,16H,11H2;2-9H,10H2,1H3;1-5,9-10H/b14-11+;10-9+;;;. The van der Waals surface area contributed by atoms with Gasteiger partial charge in [0.2, 0.25) is 0 Å². The molecule has 0 unspecified atom stereocenters. The fourth-order valence-electron chi connectivity index (χ4n) is 9.46. The summed E-state index contributed by atoms with van der Waals surface area (Å²) >= 11 is 0. The molecule has 0 spiro atoms. The molecular formula is C72H69N9O12. The molecule has 474 valence electrons. The number of phenolic OH excluding ortho intramolecular Hbond substituents is 1. The van der Waals surface area contributed by atoms with Gasteiger partial charge in [0.1, 0.15) is 37.9 Å². The minimum atomic E-state index is -0.769. The lowest BCUT2D eigenvalue weighted by molar-refractivity contribution is -0.386. The van der Waals surface area contributed by atoms with Gasteiger partial charge in [0.25, 0.3) is 0 Å². The molecule has 2 aromatic heterocycles. The van der Waals surface area contributed by atoms with E-state index in [1.807, 2.05) is 164 Å². The van der Waals surface area contributed by atoms with Crippen LogP contribution in [0.5, 0.6) is 28.7 Å². The number of carbonyl (C=O) groups is 1. The van der Waals surface area contributed by atoms with Gasteiger partial charge >= 0.3 is 23.1 Å². The third-order valence-corrected chi connectivity index (χ3v) is 14.0. The molecule has 0 atom stereocenters. The van der Waals surface area contributed by atoms with Crippen LogP contribution >= 0.6 is 0 Å². The number of amides is 2. The number of hydrogen-bond acceptors (Lipinski definition) is 14. The van der Waals surface area contributed by atoms with Crippen molar-refractivity contribution in [2.24, 2.45) is 5.73 Å². The van der Waals surface area contributed by atoms with Gasteiger partial charge in [0, 0.05) is 48.0 Å². The first-order chi connectivity index (χ1) is 45.3. The first-order valence-electron chi connectivity index (χ1n) is 29.5. The number of primary amides is 1. The third kappa shape index (κ3) is 20.6. The number of nitrogens with two attached hydrogens (primary N) is 1.